The van der Waals surface area contributed by atoms with Crippen molar-refractivity contribution in [1.29, 1.82) is 0 Å². The van der Waals surface area contributed by atoms with Gasteiger partial charge in [0.2, 0.25) is 0 Å². The summed E-state index contributed by atoms with van der Waals surface area (Å²) in [4.78, 5) is 2.06. The predicted molar refractivity (Wildman–Crippen MR) is 78.1 cm³/mol. The quantitative estimate of drug-likeness (QED) is 0.918. The van der Waals surface area contributed by atoms with E-state index < -0.39 is 0 Å². The van der Waals surface area contributed by atoms with Gasteiger partial charge < -0.3 is 10.2 Å². The van der Waals surface area contributed by atoms with Crippen LogP contribution in [0.2, 0.25) is 5.02 Å². The highest BCUT2D eigenvalue weighted by Crippen LogP contribution is 2.25. The first-order valence-corrected chi connectivity index (χ1v) is 6.78. The van der Waals surface area contributed by atoms with Crippen LogP contribution < -0.4 is 5.73 Å². The topological polar surface area (TPSA) is 42.4 Å². The van der Waals surface area contributed by atoms with Crippen molar-refractivity contribution in [3.63, 3.8) is 0 Å². The van der Waals surface area contributed by atoms with Gasteiger partial charge in [0.25, 0.3) is 0 Å². The summed E-state index contributed by atoms with van der Waals surface area (Å²) >= 11 is 5.91. The second-order valence-corrected chi connectivity index (χ2v) is 5.31. The number of hydrogen-bond donors (Lipinski definition) is 1. The zero-order valence-corrected chi connectivity index (χ0v) is 12.3. The number of rotatable bonds is 5. The molecule has 0 aliphatic carbocycles. The van der Waals surface area contributed by atoms with Crippen molar-refractivity contribution in [1.82, 2.24) is 4.90 Å². The second-order valence-electron chi connectivity index (χ2n) is 4.87. The Morgan fingerprint density at radius 2 is 2.15 bits per heavy atom. The number of halogens is 2. The minimum atomic E-state index is -0.348. The molecule has 1 unspecified atom stereocenters. The van der Waals surface area contributed by atoms with Crippen molar-refractivity contribution < 1.29 is 8.81 Å². The lowest BCUT2D eigenvalue weighted by Gasteiger charge is -2.27. The molecule has 0 aliphatic heterocycles. The van der Waals surface area contributed by atoms with Crippen LogP contribution in [-0.2, 0) is 6.54 Å². The molecule has 1 aromatic heterocycles. The number of benzene rings is 1. The van der Waals surface area contributed by atoms with Gasteiger partial charge in [-0.05, 0) is 43.8 Å². The van der Waals surface area contributed by atoms with Gasteiger partial charge in [0.05, 0.1) is 6.26 Å². The third kappa shape index (κ3) is 3.39. The highest BCUT2D eigenvalue weighted by Gasteiger charge is 2.18. The van der Waals surface area contributed by atoms with E-state index in [0.29, 0.717) is 18.1 Å². The van der Waals surface area contributed by atoms with E-state index in [4.69, 9.17) is 21.8 Å². The average molecular weight is 297 g/mol. The number of hydrogen-bond acceptors (Lipinski definition) is 3. The molecule has 2 rings (SSSR count). The number of likely N-dealkylation sites (N-methyl/N-ethyl adjacent to an activating group) is 1. The Labute approximate surface area is 123 Å². The zero-order chi connectivity index (χ0) is 14.7. The van der Waals surface area contributed by atoms with Crippen LogP contribution in [0.4, 0.5) is 4.39 Å². The molecule has 2 aromatic rings. The normalized spacial score (nSPS) is 12.9. The van der Waals surface area contributed by atoms with Crippen molar-refractivity contribution in [3.8, 4) is 0 Å². The summed E-state index contributed by atoms with van der Waals surface area (Å²) in [5, 5.41) is 0.381. The van der Waals surface area contributed by atoms with Gasteiger partial charge in [0.15, 0.2) is 0 Å². The van der Waals surface area contributed by atoms with Crippen LogP contribution in [0.3, 0.4) is 0 Å². The maximum atomic E-state index is 13.5. The van der Waals surface area contributed by atoms with E-state index in [1.165, 1.54) is 12.1 Å². The van der Waals surface area contributed by atoms with Crippen LogP contribution in [0, 0.1) is 12.7 Å². The van der Waals surface area contributed by atoms with E-state index >= 15 is 0 Å². The molecule has 108 valence electrons. The van der Waals surface area contributed by atoms with Crippen LogP contribution >= 0.6 is 11.6 Å². The first-order valence-electron chi connectivity index (χ1n) is 6.40. The lowest BCUT2D eigenvalue weighted by molar-refractivity contribution is 0.240. The van der Waals surface area contributed by atoms with Crippen molar-refractivity contribution in [2.24, 2.45) is 5.73 Å². The van der Waals surface area contributed by atoms with Gasteiger partial charge in [-0.15, -0.1) is 0 Å². The summed E-state index contributed by atoms with van der Waals surface area (Å²) in [6.45, 7) is 2.98. The Balaban J connectivity index is 2.20. The molecule has 1 heterocycles. The van der Waals surface area contributed by atoms with Gasteiger partial charge in [0.1, 0.15) is 11.6 Å². The highest BCUT2D eigenvalue weighted by atomic mass is 35.5. The van der Waals surface area contributed by atoms with Gasteiger partial charge in [-0.1, -0.05) is 11.6 Å². The van der Waals surface area contributed by atoms with Crippen LogP contribution in [-0.4, -0.2) is 18.5 Å². The summed E-state index contributed by atoms with van der Waals surface area (Å²) in [6, 6.07) is 6.34. The number of aryl methyl sites for hydroxylation is 1. The van der Waals surface area contributed by atoms with E-state index in [0.717, 1.165) is 16.9 Å². The summed E-state index contributed by atoms with van der Waals surface area (Å²) in [5.41, 5.74) is 7.71. The summed E-state index contributed by atoms with van der Waals surface area (Å²) in [5.74, 6) is 0.531. The molecular formula is C15H18ClFN2O. The maximum absolute atomic E-state index is 13.5. The van der Waals surface area contributed by atoms with Gasteiger partial charge in [-0.3, -0.25) is 4.90 Å². The van der Waals surface area contributed by atoms with E-state index in [1.807, 2.05) is 20.0 Å². The molecule has 3 nitrogen and oxygen atoms in total. The SMILES string of the molecule is Cc1occc1CN(C)C(CN)c1cc(F)cc(Cl)c1. The fraction of sp³-hybridized carbons (Fsp3) is 0.333. The van der Waals surface area contributed by atoms with Crippen LogP contribution in [0.1, 0.15) is 22.9 Å². The minimum Gasteiger partial charge on any atom is -0.469 e. The Bertz CT molecular complexity index is 565. The first-order chi connectivity index (χ1) is 9.51. The van der Waals surface area contributed by atoms with Gasteiger partial charge in [0, 0.05) is 29.7 Å². The molecule has 0 aliphatic rings. The number of nitrogens with two attached hydrogens (primary N) is 1. The molecule has 1 atom stereocenters. The monoisotopic (exact) mass is 296 g/mol. The van der Waals surface area contributed by atoms with Crippen LogP contribution in [0.5, 0.6) is 0 Å². The predicted octanol–water partition coefficient (Wildman–Crippen LogP) is 3.51. The fourth-order valence-corrected chi connectivity index (χ4v) is 2.52. The first kappa shape index (κ1) is 15.0. The molecule has 2 N–H and O–H groups in total. The van der Waals surface area contributed by atoms with Crippen molar-refractivity contribution in [2.75, 3.05) is 13.6 Å². The zero-order valence-electron chi connectivity index (χ0n) is 11.6. The number of nitrogens with zero attached hydrogens (tertiary/aromatic N) is 1. The Kier molecular flexibility index (Phi) is 4.81. The third-order valence-corrected chi connectivity index (χ3v) is 3.63. The lowest BCUT2D eigenvalue weighted by Crippen LogP contribution is -2.30. The summed E-state index contributed by atoms with van der Waals surface area (Å²) in [7, 11) is 1.95. The van der Waals surface area contributed by atoms with Gasteiger partial charge >= 0.3 is 0 Å². The van der Waals surface area contributed by atoms with Crippen molar-refractivity contribution in [3.05, 3.63) is 58.3 Å². The minimum absolute atomic E-state index is 0.0995. The van der Waals surface area contributed by atoms with Crippen LogP contribution in [0.15, 0.2) is 34.9 Å². The Hall–Kier alpha value is -1.36. The largest absolute Gasteiger partial charge is 0.469 e. The van der Waals surface area contributed by atoms with Gasteiger partial charge in [-0.25, -0.2) is 4.39 Å². The molecule has 0 amide bonds. The molecule has 0 bridgehead atoms. The van der Waals surface area contributed by atoms with E-state index in [-0.39, 0.29) is 11.9 Å². The van der Waals surface area contributed by atoms with Crippen molar-refractivity contribution >= 4 is 11.6 Å². The smallest absolute Gasteiger partial charge is 0.125 e. The molecule has 0 radical (unpaired) electrons. The standard InChI is InChI=1S/C15H18ClFN2O/c1-10-11(3-4-20-10)9-19(2)15(8-18)12-5-13(16)7-14(17)6-12/h3-7,15H,8-9,18H2,1-2H3. The molecule has 1 aromatic carbocycles. The summed E-state index contributed by atoms with van der Waals surface area (Å²) < 4.78 is 18.8. The highest BCUT2D eigenvalue weighted by molar-refractivity contribution is 6.30. The Morgan fingerprint density at radius 3 is 2.70 bits per heavy atom. The van der Waals surface area contributed by atoms with E-state index in [9.17, 15) is 4.39 Å². The van der Waals surface area contributed by atoms with Gasteiger partial charge in [-0.2, -0.15) is 0 Å². The second kappa shape index (κ2) is 6.39. The van der Waals surface area contributed by atoms with Crippen LogP contribution in [0.25, 0.3) is 0 Å². The molecule has 5 heteroatoms. The molecule has 20 heavy (non-hydrogen) atoms. The average Bonchev–Trinajstić information content (AvgIpc) is 2.74. The number of furan rings is 1. The maximum Gasteiger partial charge on any atom is 0.125 e. The van der Waals surface area contributed by atoms with E-state index in [2.05, 4.69) is 4.90 Å². The summed E-state index contributed by atoms with van der Waals surface area (Å²) in [6.07, 6.45) is 1.66. The lowest BCUT2D eigenvalue weighted by atomic mass is 10.0. The Morgan fingerprint density at radius 1 is 1.40 bits per heavy atom. The van der Waals surface area contributed by atoms with Crippen molar-refractivity contribution in [2.45, 2.75) is 19.5 Å². The molecule has 0 saturated heterocycles. The molecule has 0 fully saturated rings. The van der Waals surface area contributed by atoms with E-state index in [1.54, 1.807) is 12.3 Å². The molecular weight excluding hydrogens is 279 g/mol. The molecule has 0 spiro atoms. The fourth-order valence-electron chi connectivity index (χ4n) is 2.29. The molecule has 0 saturated carbocycles. The third-order valence-electron chi connectivity index (χ3n) is 3.41.